The van der Waals surface area contributed by atoms with Gasteiger partial charge in [0.05, 0.1) is 58.6 Å². The van der Waals surface area contributed by atoms with Crippen LogP contribution in [0.2, 0.25) is 0 Å². The Hall–Kier alpha value is -5.79. The molecule has 2 saturated carbocycles. The summed E-state index contributed by atoms with van der Waals surface area (Å²) in [5.74, 6) is 0.0926. The van der Waals surface area contributed by atoms with Gasteiger partial charge < -0.3 is 39.4 Å². The monoisotopic (exact) mass is 974 g/mol. The van der Waals surface area contributed by atoms with Crippen LogP contribution < -0.4 is 24.6 Å². The highest BCUT2D eigenvalue weighted by atomic mass is 32.2. The van der Waals surface area contributed by atoms with Crippen LogP contribution in [-0.2, 0) is 19.5 Å². The van der Waals surface area contributed by atoms with Gasteiger partial charge in [-0.15, -0.1) is 0 Å². The number of H-pyrrole nitrogens is 1. The van der Waals surface area contributed by atoms with Crippen LogP contribution in [0, 0.1) is 21.4 Å². The number of aromatic amines is 1. The Bertz CT molecular complexity index is 2920. The number of nitro groups is 1. The van der Waals surface area contributed by atoms with Crippen molar-refractivity contribution >= 4 is 55.4 Å². The van der Waals surface area contributed by atoms with Gasteiger partial charge in [-0.05, 0) is 117 Å². The first-order valence-corrected chi connectivity index (χ1v) is 26.3. The Balaban J connectivity index is 0.874. The molecule has 1 amide bonds. The summed E-state index contributed by atoms with van der Waals surface area (Å²) in [4.78, 5) is 41.0. The summed E-state index contributed by atoms with van der Waals surface area (Å²) in [6.07, 6.45) is 6.89. The van der Waals surface area contributed by atoms with Gasteiger partial charge in [0, 0.05) is 67.6 Å². The number of nitro benzene ring substituents is 1. The van der Waals surface area contributed by atoms with Gasteiger partial charge in [-0.3, -0.25) is 19.8 Å². The Morgan fingerprint density at radius 2 is 1.77 bits per heavy atom. The molecular formula is C52H62N8O9S. The molecule has 370 valence electrons. The highest BCUT2D eigenvalue weighted by Crippen LogP contribution is 2.54. The average molecular weight is 975 g/mol. The van der Waals surface area contributed by atoms with Crippen LogP contribution in [0.4, 0.5) is 28.4 Å². The minimum atomic E-state index is -4.62. The largest absolute Gasteiger partial charge is 0.468 e. The predicted molar refractivity (Wildman–Crippen MR) is 266 cm³/mol. The molecule has 0 radical (unpaired) electrons. The van der Waals surface area contributed by atoms with E-state index in [1.807, 2.05) is 31.2 Å². The van der Waals surface area contributed by atoms with Crippen LogP contribution in [-0.4, -0.2) is 116 Å². The van der Waals surface area contributed by atoms with Crippen LogP contribution in [0.15, 0.2) is 83.9 Å². The van der Waals surface area contributed by atoms with Gasteiger partial charge in [0.25, 0.3) is 21.6 Å². The van der Waals surface area contributed by atoms with Crippen molar-refractivity contribution in [1.29, 1.82) is 0 Å². The molecule has 3 atom stereocenters. The minimum absolute atomic E-state index is 0.109. The molecule has 2 aromatic heterocycles. The lowest BCUT2D eigenvalue weighted by molar-refractivity contribution is -0.384. The van der Waals surface area contributed by atoms with Gasteiger partial charge in [0.15, 0.2) is 0 Å². The molecule has 6 aliphatic rings. The second-order valence-electron chi connectivity index (χ2n) is 21.1. The molecule has 4 aliphatic heterocycles. The molecule has 0 unspecified atom stereocenters. The highest BCUT2D eigenvalue weighted by Gasteiger charge is 2.55. The van der Waals surface area contributed by atoms with E-state index in [9.17, 15) is 28.4 Å². The molecule has 2 aliphatic carbocycles. The quantitative estimate of drug-likeness (QED) is 0.0696. The second kappa shape index (κ2) is 18.1. The van der Waals surface area contributed by atoms with Crippen molar-refractivity contribution in [2.45, 2.75) is 106 Å². The lowest BCUT2D eigenvalue weighted by Gasteiger charge is -2.63. The molecule has 5 aromatic rings. The summed E-state index contributed by atoms with van der Waals surface area (Å²) >= 11 is 0. The molecule has 18 heteroatoms. The number of fused-ring (bicyclic) bond motifs is 3. The number of morpholine rings is 1. The summed E-state index contributed by atoms with van der Waals surface area (Å²) in [6.45, 7) is 11.5. The molecule has 3 aromatic carbocycles. The molecular weight excluding hydrogens is 913 g/mol. The van der Waals surface area contributed by atoms with Gasteiger partial charge in [0.2, 0.25) is 5.88 Å². The lowest BCUT2D eigenvalue weighted by atomic mass is 9.59. The summed E-state index contributed by atoms with van der Waals surface area (Å²) in [5, 5.41) is 26.7. The number of hydrogen-bond donors (Lipinski definition) is 4. The Morgan fingerprint density at radius 3 is 2.56 bits per heavy atom. The average Bonchev–Trinajstić information content (AvgIpc) is 3.78. The van der Waals surface area contributed by atoms with Gasteiger partial charge >= 0.3 is 0 Å². The number of pyridine rings is 1. The first-order chi connectivity index (χ1) is 33.6. The third kappa shape index (κ3) is 8.75. The Kier molecular flexibility index (Phi) is 12.1. The number of amides is 1. The van der Waals surface area contributed by atoms with E-state index < -0.39 is 43.1 Å². The summed E-state index contributed by atoms with van der Waals surface area (Å²) < 4.78 is 49.0. The first-order valence-electron chi connectivity index (χ1n) is 24.8. The van der Waals surface area contributed by atoms with Crippen molar-refractivity contribution in [3.8, 4) is 5.88 Å². The number of benzene rings is 3. The van der Waals surface area contributed by atoms with E-state index in [0.29, 0.717) is 80.5 Å². The lowest BCUT2D eigenvalue weighted by Crippen LogP contribution is -2.67. The number of carbonyl (C=O) groups excluding carboxylic acids is 1. The van der Waals surface area contributed by atoms with Gasteiger partial charge in [-0.2, -0.15) is 4.98 Å². The number of nitrogens with zero attached hydrogens (tertiary/aromatic N) is 5. The SMILES string of the molecule is CC(C)c1ccccc1[C@@H]1COCCN1C1CC2(C1)CN(c1ccc(C(=O)NS(=O)(=O)c3ccc(NC[C@H]4CC[C@](C)(O)CC4)c([N+](=O)[O-])c3)c(N3c4cc5cc[nH]c5nc4O[C@H]4COCC[C@@H]43)c1)C2. The van der Waals surface area contributed by atoms with Gasteiger partial charge in [-0.25, -0.2) is 13.1 Å². The molecule has 17 nitrogen and oxygen atoms in total. The molecule has 5 fully saturated rings. The third-order valence-electron chi connectivity index (χ3n) is 15.9. The van der Waals surface area contributed by atoms with E-state index >= 15 is 0 Å². The molecule has 1 spiro atoms. The fourth-order valence-corrected chi connectivity index (χ4v) is 13.1. The van der Waals surface area contributed by atoms with Crippen molar-refractivity contribution in [2.24, 2.45) is 11.3 Å². The minimum Gasteiger partial charge on any atom is -0.468 e. The molecule has 11 rings (SSSR count). The van der Waals surface area contributed by atoms with Crippen molar-refractivity contribution < 1.29 is 37.5 Å². The number of aliphatic hydroxyl groups is 1. The van der Waals surface area contributed by atoms with Crippen LogP contribution in [0.5, 0.6) is 5.88 Å². The molecule has 6 heterocycles. The zero-order valence-electron chi connectivity index (χ0n) is 39.9. The van der Waals surface area contributed by atoms with Crippen molar-refractivity contribution in [3.63, 3.8) is 0 Å². The maximum absolute atomic E-state index is 14.7. The van der Waals surface area contributed by atoms with E-state index in [1.165, 1.54) is 23.3 Å². The number of rotatable bonds is 12. The topological polar surface area (TPSA) is 205 Å². The van der Waals surface area contributed by atoms with Crippen molar-refractivity contribution in [1.82, 2.24) is 19.6 Å². The fraction of sp³-hybridized carbons (Fsp3) is 0.500. The molecule has 0 bridgehead atoms. The number of ether oxygens (including phenoxy) is 3. The summed E-state index contributed by atoms with van der Waals surface area (Å²) in [5.41, 5.74) is 4.71. The van der Waals surface area contributed by atoms with Crippen LogP contribution >= 0.6 is 0 Å². The van der Waals surface area contributed by atoms with Gasteiger partial charge in [0.1, 0.15) is 23.1 Å². The van der Waals surface area contributed by atoms with Crippen LogP contribution in [0.1, 0.15) is 99.2 Å². The standard InChI is InChI=1S/C52H62N8O9S/c1-32(2)38-6-4-5-7-39(38)46-28-68-21-19-58(46)36-25-52(26-36)30-57(31-52)35-8-10-40(43(23-35)59-42-15-20-67-29-47(42)69-50-45(59)22-34-14-18-53-48(34)55-50)49(61)56-70(65,66)37-9-11-41(44(24-37)60(63)64)54-27-33-12-16-51(3,62)17-13-33/h4-11,14,18,22-24,32-33,36,42,46-47,54,62H,12-13,15-17,19-21,25-31H2,1-3H3,(H,53,55)(H,56,61)/t33-,42-,46-,47-,51-/m0/s1. The summed E-state index contributed by atoms with van der Waals surface area (Å²) in [6, 6.07) is 22.2. The molecule has 4 N–H and O–H groups in total. The normalized spacial score (nSPS) is 25.7. The van der Waals surface area contributed by atoms with E-state index in [2.05, 4.69) is 67.8 Å². The van der Waals surface area contributed by atoms with E-state index in [-0.39, 0.29) is 34.7 Å². The number of hydrogen-bond acceptors (Lipinski definition) is 14. The third-order valence-corrected chi connectivity index (χ3v) is 17.3. The number of sulfonamides is 1. The van der Waals surface area contributed by atoms with E-state index in [0.717, 1.165) is 69.1 Å². The summed E-state index contributed by atoms with van der Waals surface area (Å²) in [7, 11) is -4.62. The fourth-order valence-electron chi connectivity index (χ4n) is 12.1. The maximum Gasteiger partial charge on any atom is 0.293 e. The van der Waals surface area contributed by atoms with Crippen LogP contribution in [0.3, 0.4) is 0 Å². The highest BCUT2D eigenvalue weighted by molar-refractivity contribution is 7.90. The number of aromatic nitrogens is 2. The van der Waals surface area contributed by atoms with Gasteiger partial charge in [-0.1, -0.05) is 38.1 Å². The number of carbonyl (C=O) groups is 1. The zero-order chi connectivity index (χ0) is 48.5. The van der Waals surface area contributed by atoms with E-state index in [4.69, 9.17) is 19.2 Å². The zero-order valence-corrected chi connectivity index (χ0v) is 40.8. The first kappa shape index (κ1) is 46.6. The van der Waals surface area contributed by atoms with Crippen LogP contribution in [0.25, 0.3) is 11.0 Å². The number of nitrogens with one attached hydrogen (secondary N) is 3. The number of anilines is 4. The molecule has 70 heavy (non-hydrogen) atoms. The molecule has 3 saturated heterocycles. The smallest absolute Gasteiger partial charge is 0.293 e. The Morgan fingerprint density at radius 1 is 0.986 bits per heavy atom. The second-order valence-corrected chi connectivity index (χ2v) is 22.8. The maximum atomic E-state index is 14.7. The van der Waals surface area contributed by atoms with E-state index in [1.54, 1.807) is 12.3 Å². The van der Waals surface area contributed by atoms with Crippen molar-refractivity contribution in [3.05, 3.63) is 106 Å². The van der Waals surface area contributed by atoms with Crippen molar-refractivity contribution in [2.75, 3.05) is 67.7 Å². The predicted octanol–water partition coefficient (Wildman–Crippen LogP) is 7.80. The Labute approximate surface area is 408 Å².